The number of rotatable bonds is 4. The minimum atomic E-state index is -0.444. The third-order valence-electron chi connectivity index (χ3n) is 2.01. The number of amides is 1. The first-order valence-corrected chi connectivity index (χ1v) is 4.81. The number of aliphatic hydroxyl groups excluding tert-OH is 1. The van der Waals surface area contributed by atoms with Crippen molar-refractivity contribution in [1.82, 2.24) is 0 Å². The fourth-order valence-electron chi connectivity index (χ4n) is 1.36. The van der Waals surface area contributed by atoms with Gasteiger partial charge >= 0.3 is 0 Å². The van der Waals surface area contributed by atoms with E-state index in [4.69, 9.17) is 5.11 Å². The van der Waals surface area contributed by atoms with E-state index in [1.807, 2.05) is 0 Å². The van der Waals surface area contributed by atoms with Crippen LogP contribution in [0.5, 0.6) is 0 Å². The summed E-state index contributed by atoms with van der Waals surface area (Å²) in [4.78, 5) is 10.9. The molecule has 15 heavy (non-hydrogen) atoms. The zero-order chi connectivity index (χ0) is 11.3. The average Bonchev–Trinajstić information content (AvgIpc) is 2.18. The van der Waals surface area contributed by atoms with E-state index in [9.17, 15) is 9.18 Å². The number of hydrogen-bond acceptors (Lipinski definition) is 2. The van der Waals surface area contributed by atoms with Gasteiger partial charge in [-0.15, -0.1) is 0 Å². The highest BCUT2D eigenvalue weighted by Crippen LogP contribution is 2.21. The number of aliphatic hydroxyl groups is 1. The van der Waals surface area contributed by atoms with E-state index in [0.717, 1.165) is 0 Å². The molecule has 4 heteroatoms. The number of aryl methyl sites for hydroxylation is 1. The quantitative estimate of drug-likeness (QED) is 0.796. The van der Waals surface area contributed by atoms with Gasteiger partial charge in [-0.2, -0.15) is 0 Å². The van der Waals surface area contributed by atoms with Crippen LogP contribution in [-0.2, 0) is 11.2 Å². The lowest BCUT2D eigenvalue weighted by Crippen LogP contribution is -2.10. The summed E-state index contributed by atoms with van der Waals surface area (Å²) in [6.45, 7) is 1.39. The molecule has 1 amide bonds. The van der Waals surface area contributed by atoms with Crippen molar-refractivity contribution >= 4 is 11.6 Å². The van der Waals surface area contributed by atoms with Crippen LogP contribution in [0, 0.1) is 5.82 Å². The van der Waals surface area contributed by atoms with Gasteiger partial charge in [0.15, 0.2) is 0 Å². The third kappa shape index (κ3) is 3.32. The molecule has 0 spiro atoms. The van der Waals surface area contributed by atoms with Gasteiger partial charge in [0, 0.05) is 13.5 Å². The number of benzene rings is 1. The van der Waals surface area contributed by atoms with E-state index in [1.165, 1.54) is 13.0 Å². The van der Waals surface area contributed by atoms with Crippen molar-refractivity contribution in [1.29, 1.82) is 0 Å². The maximum absolute atomic E-state index is 13.4. The highest BCUT2D eigenvalue weighted by atomic mass is 19.1. The second kappa shape index (κ2) is 5.46. The number of halogens is 1. The number of carbonyl (C=O) groups excluding carboxylic acids is 1. The Hall–Kier alpha value is -1.42. The molecule has 0 saturated carbocycles. The molecule has 0 fully saturated rings. The molecule has 0 saturated heterocycles. The highest BCUT2D eigenvalue weighted by molar-refractivity contribution is 5.89. The second-order valence-corrected chi connectivity index (χ2v) is 3.28. The Morgan fingerprint density at radius 3 is 2.87 bits per heavy atom. The summed E-state index contributed by atoms with van der Waals surface area (Å²) in [6.07, 6.45) is 1.10. The Morgan fingerprint density at radius 1 is 1.53 bits per heavy atom. The largest absolute Gasteiger partial charge is 0.396 e. The lowest BCUT2D eigenvalue weighted by Gasteiger charge is -2.10. The van der Waals surface area contributed by atoms with Crippen molar-refractivity contribution in [3.8, 4) is 0 Å². The van der Waals surface area contributed by atoms with Crippen molar-refractivity contribution in [2.75, 3.05) is 11.9 Å². The molecule has 0 aromatic heterocycles. The van der Waals surface area contributed by atoms with Crippen molar-refractivity contribution in [3.05, 3.63) is 29.6 Å². The van der Waals surface area contributed by atoms with Gasteiger partial charge in [-0.1, -0.05) is 12.1 Å². The lowest BCUT2D eigenvalue weighted by molar-refractivity contribution is -0.114. The Bertz CT molecular complexity index is 352. The predicted molar refractivity (Wildman–Crippen MR) is 56.1 cm³/mol. The van der Waals surface area contributed by atoms with Crippen LogP contribution < -0.4 is 5.32 Å². The fourth-order valence-corrected chi connectivity index (χ4v) is 1.36. The van der Waals surface area contributed by atoms with E-state index >= 15 is 0 Å². The number of hydrogen-bond donors (Lipinski definition) is 2. The minimum Gasteiger partial charge on any atom is -0.396 e. The summed E-state index contributed by atoms with van der Waals surface area (Å²) in [5, 5.41) is 11.1. The van der Waals surface area contributed by atoms with Crippen LogP contribution in [0.1, 0.15) is 18.9 Å². The second-order valence-electron chi connectivity index (χ2n) is 3.28. The number of anilines is 1. The van der Waals surface area contributed by atoms with Crippen molar-refractivity contribution in [3.63, 3.8) is 0 Å². The number of nitrogens with one attached hydrogen (secondary N) is 1. The van der Waals surface area contributed by atoms with Gasteiger partial charge in [-0.05, 0) is 24.5 Å². The SMILES string of the molecule is CC(=O)Nc1c(F)cccc1CCCO. The molecule has 0 unspecified atom stereocenters. The molecule has 0 bridgehead atoms. The zero-order valence-corrected chi connectivity index (χ0v) is 8.59. The van der Waals surface area contributed by atoms with Gasteiger partial charge in [0.2, 0.25) is 5.91 Å². The smallest absolute Gasteiger partial charge is 0.221 e. The van der Waals surface area contributed by atoms with Crippen molar-refractivity contribution in [2.24, 2.45) is 0 Å². The molecule has 0 aliphatic rings. The fraction of sp³-hybridized carbons (Fsp3) is 0.364. The van der Waals surface area contributed by atoms with Crippen LogP contribution in [0.3, 0.4) is 0 Å². The molecule has 3 nitrogen and oxygen atoms in total. The molecule has 0 atom stereocenters. The van der Waals surface area contributed by atoms with Gasteiger partial charge in [-0.25, -0.2) is 4.39 Å². The number of carbonyl (C=O) groups is 1. The summed E-state index contributed by atoms with van der Waals surface area (Å²) < 4.78 is 13.4. The molecule has 0 radical (unpaired) electrons. The predicted octanol–water partition coefficient (Wildman–Crippen LogP) is 1.71. The Labute approximate surface area is 87.9 Å². The zero-order valence-electron chi connectivity index (χ0n) is 8.59. The van der Waals surface area contributed by atoms with E-state index in [-0.39, 0.29) is 18.2 Å². The first kappa shape index (κ1) is 11.7. The van der Waals surface area contributed by atoms with Crippen LogP contribution in [0.15, 0.2) is 18.2 Å². The first-order chi connectivity index (χ1) is 7.15. The summed E-state index contributed by atoms with van der Waals surface area (Å²) >= 11 is 0. The van der Waals surface area contributed by atoms with E-state index < -0.39 is 5.82 Å². The maximum atomic E-state index is 13.4. The summed E-state index contributed by atoms with van der Waals surface area (Å²) in [7, 11) is 0. The van der Waals surface area contributed by atoms with Gasteiger partial charge in [0.1, 0.15) is 5.82 Å². The van der Waals surface area contributed by atoms with E-state index in [0.29, 0.717) is 18.4 Å². The van der Waals surface area contributed by atoms with Crippen molar-refractivity contribution in [2.45, 2.75) is 19.8 Å². The molecule has 1 aromatic rings. The average molecular weight is 211 g/mol. The Balaban J connectivity index is 2.92. The van der Waals surface area contributed by atoms with Crippen LogP contribution in [-0.4, -0.2) is 17.6 Å². The van der Waals surface area contributed by atoms with Crippen LogP contribution in [0.2, 0.25) is 0 Å². The molecular weight excluding hydrogens is 197 g/mol. The maximum Gasteiger partial charge on any atom is 0.221 e. The van der Waals surface area contributed by atoms with E-state index in [2.05, 4.69) is 5.32 Å². The normalized spacial score (nSPS) is 10.1. The topological polar surface area (TPSA) is 49.3 Å². The van der Waals surface area contributed by atoms with Crippen LogP contribution >= 0.6 is 0 Å². The molecule has 1 rings (SSSR count). The van der Waals surface area contributed by atoms with Gasteiger partial charge in [0.25, 0.3) is 0 Å². The monoisotopic (exact) mass is 211 g/mol. The summed E-state index contributed by atoms with van der Waals surface area (Å²) in [5.41, 5.74) is 0.928. The molecule has 0 aliphatic carbocycles. The molecule has 1 aromatic carbocycles. The molecule has 0 heterocycles. The highest BCUT2D eigenvalue weighted by Gasteiger charge is 2.08. The molecule has 82 valence electrons. The molecular formula is C11H14FNO2. The van der Waals surface area contributed by atoms with Crippen molar-refractivity contribution < 1.29 is 14.3 Å². The first-order valence-electron chi connectivity index (χ1n) is 4.81. The number of para-hydroxylation sites is 1. The lowest BCUT2D eigenvalue weighted by atomic mass is 10.1. The summed E-state index contributed by atoms with van der Waals surface area (Å²) in [5.74, 6) is -0.744. The van der Waals surface area contributed by atoms with Gasteiger partial charge in [0.05, 0.1) is 5.69 Å². The van der Waals surface area contributed by atoms with Crippen LogP contribution in [0.25, 0.3) is 0 Å². The molecule has 0 aliphatic heterocycles. The van der Waals surface area contributed by atoms with E-state index in [1.54, 1.807) is 12.1 Å². The minimum absolute atomic E-state index is 0.0516. The standard InChI is InChI=1S/C11H14FNO2/c1-8(15)13-11-9(5-3-7-14)4-2-6-10(11)12/h2,4,6,14H,3,5,7H2,1H3,(H,13,15). The van der Waals surface area contributed by atoms with Crippen LogP contribution in [0.4, 0.5) is 10.1 Å². The Kier molecular flexibility index (Phi) is 4.24. The van der Waals surface area contributed by atoms with Gasteiger partial charge in [-0.3, -0.25) is 4.79 Å². The third-order valence-corrected chi connectivity index (χ3v) is 2.01. The van der Waals surface area contributed by atoms with Gasteiger partial charge < -0.3 is 10.4 Å². The molecule has 2 N–H and O–H groups in total. The Morgan fingerprint density at radius 2 is 2.27 bits per heavy atom. The summed E-state index contributed by atoms with van der Waals surface area (Å²) in [6, 6.07) is 4.63.